The normalized spacial score (nSPS) is 28.1. The Morgan fingerprint density at radius 3 is 2.57 bits per heavy atom. The molecule has 0 aromatic rings. The lowest BCUT2D eigenvalue weighted by molar-refractivity contribution is 0.527. The van der Waals surface area contributed by atoms with Crippen molar-refractivity contribution in [2.24, 2.45) is 15.4 Å². The van der Waals surface area contributed by atoms with Crippen molar-refractivity contribution in [3.8, 4) is 0 Å². The molecule has 7 heavy (non-hydrogen) atoms. The zero-order valence-corrected chi connectivity index (χ0v) is 3.87. The van der Waals surface area contributed by atoms with E-state index in [0.717, 1.165) is 0 Å². The zero-order chi connectivity index (χ0) is 5.28. The predicted molar refractivity (Wildman–Crippen MR) is 24.4 cm³/mol. The average molecular weight is 99.1 g/mol. The van der Waals surface area contributed by atoms with Crippen molar-refractivity contribution >= 4 is 5.90 Å². The lowest BCUT2D eigenvalue weighted by Gasteiger charge is -1.88. The van der Waals surface area contributed by atoms with E-state index in [1.807, 2.05) is 0 Å². The van der Waals surface area contributed by atoms with Gasteiger partial charge in [0, 0.05) is 0 Å². The second-order valence-corrected chi connectivity index (χ2v) is 1.34. The molecule has 0 bridgehead atoms. The maximum absolute atomic E-state index is 8.56. The standard InChI is InChI=1S/C3H5N3O/c1-2-3(7)5-6-4-2/h2H,1H3,(H,4,5,7). The Morgan fingerprint density at radius 1 is 1.71 bits per heavy atom. The van der Waals surface area contributed by atoms with Crippen molar-refractivity contribution in [3.63, 3.8) is 0 Å². The number of hydrogen-bond acceptors (Lipinski definition) is 3. The molecule has 0 fully saturated rings. The van der Waals surface area contributed by atoms with Gasteiger partial charge in [-0.2, -0.15) is 5.11 Å². The average Bonchev–Trinajstić information content (AvgIpc) is 1.91. The van der Waals surface area contributed by atoms with Gasteiger partial charge < -0.3 is 5.11 Å². The third-order valence-corrected chi connectivity index (χ3v) is 0.746. The fourth-order valence-corrected chi connectivity index (χ4v) is 0.284. The van der Waals surface area contributed by atoms with Gasteiger partial charge in [-0.3, -0.25) is 0 Å². The smallest absolute Gasteiger partial charge is 0.234 e. The molecule has 1 rings (SSSR count). The highest BCUT2D eigenvalue weighted by Gasteiger charge is 2.10. The van der Waals surface area contributed by atoms with Crippen LogP contribution in [0.5, 0.6) is 0 Å². The number of hydrogen-bond donors (Lipinski definition) is 1. The summed E-state index contributed by atoms with van der Waals surface area (Å²) in [4.78, 5) is 0. The van der Waals surface area contributed by atoms with Crippen LogP contribution in [-0.2, 0) is 0 Å². The molecule has 0 spiro atoms. The van der Waals surface area contributed by atoms with E-state index >= 15 is 0 Å². The van der Waals surface area contributed by atoms with Gasteiger partial charge in [-0.25, -0.2) is 0 Å². The summed E-state index contributed by atoms with van der Waals surface area (Å²) in [6.07, 6.45) is 0. The van der Waals surface area contributed by atoms with Crippen molar-refractivity contribution in [1.82, 2.24) is 0 Å². The van der Waals surface area contributed by atoms with Crippen LogP contribution in [-0.4, -0.2) is 17.0 Å². The quantitative estimate of drug-likeness (QED) is 0.477. The van der Waals surface area contributed by atoms with Crippen LogP contribution in [0.4, 0.5) is 0 Å². The van der Waals surface area contributed by atoms with E-state index in [9.17, 15) is 0 Å². The molecule has 0 saturated heterocycles. The molecule has 1 aliphatic heterocycles. The summed E-state index contributed by atoms with van der Waals surface area (Å²) < 4.78 is 0. The third-order valence-electron chi connectivity index (χ3n) is 0.746. The van der Waals surface area contributed by atoms with Crippen molar-refractivity contribution in [2.45, 2.75) is 13.0 Å². The van der Waals surface area contributed by atoms with Gasteiger partial charge in [0.15, 0.2) is 0 Å². The Labute approximate surface area is 40.6 Å². The molecule has 0 saturated carbocycles. The monoisotopic (exact) mass is 99.0 g/mol. The van der Waals surface area contributed by atoms with Gasteiger partial charge >= 0.3 is 0 Å². The minimum Gasteiger partial charge on any atom is -0.494 e. The Bertz CT molecular complexity index is 128. The zero-order valence-electron chi connectivity index (χ0n) is 3.87. The predicted octanol–water partition coefficient (Wildman–Crippen LogP) is 0.712. The van der Waals surface area contributed by atoms with Crippen LogP contribution in [0.1, 0.15) is 6.92 Å². The summed E-state index contributed by atoms with van der Waals surface area (Å²) in [5.74, 6) is 0.000000000000000222. The molecule has 1 atom stereocenters. The van der Waals surface area contributed by atoms with Gasteiger partial charge in [0.25, 0.3) is 0 Å². The molecule has 0 aromatic heterocycles. The van der Waals surface area contributed by atoms with Crippen LogP contribution in [0.25, 0.3) is 0 Å². The molecular formula is C3H5N3O. The summed E-state index contributed by atoms with van der Waals surface area (Å²) >= 11 is 0. The van der Waals surface area contributed by atoms with E-state index in [1.165, 1.54) is 0 Å². The second kappa shape index (κ2) is 1.29. The third kappa shape index (κ3) is 0.581. The van der Waals surface area contributed by atoms with Gasteiger partial charge in [0.05, 0.1) is 0 Å². The van der Waals surface area contributed by atoms with Crippen molar-refractivity contribution in [2.75, 3.05) is 0 Å². The summed E-state index contributed by atoms with van der Waals surface area (Å²) in [6.45, 7) is 1.72. The van der Waals surface area contributed by atoms with Gasteiger partial charge in [0.2, 0.25) is 5.90 Å². The van der Waals surface area contributed by atoms with Crippen molar-refractivity contribution in [3.05, 3.63) is 0 Å². The SMILES string of the molecule is CC1N=NN=C1O. The molecule has 0 aromatic carbocycles. The van der Waals surface area contributed by atoms with Crippen LogP contribution < -0.4 is 0 Å². The molecule has 4 heteroatoms. The second-order valence-electron chi connectivity index (χ2n) is 1.34. The number of rotatable bonds is 0. The van der Waals surface area contributed by atoms with E-state index < -0.39 is 0 Å². The van der Waals surface area contributed by atoms with Crippen molar-refractivity contribution < 1.29 is 5.11 Å². The molecule has 0 amide bonds. The van der Waals surface area contributed by atoms with Crippen LogP contribution >= 0.6 is 0 Å². The molecule has 1 N–H and O–H groups in total. The molecule has 0 radical (unpaired) electrons. The summed E-state index contributed by atoms with van der Waals surface area (Å²) in [6, 6.07) is -0.222. The lowest BCUT2D eigenvalue weighted by Crippen LogP contribution is -2.08. The first kappa shape index (κ1) is 4.23. The minimum atomic E-state index is -0.222. The highest BCUT2D eigenvalue weighted by atomic mass is 16.3. The Hall–Kier alpha value is -0.930. The highest BCUT2D eigenvalue weighted by Crippen LogP contribution is 2.00. The first-order chi connectivity index (χ1) is 3.30. The van der Waals surface area contributed by atoms with Gasteiger partial charge in [-0.1, -0.05) is 5.10 Å². The summed E-state index contributed by atoms with van der Waals surface area (Å²) in [5.41, 5.74) is 0. The van der Waals surface area contributed by atoms with Crippen LogP contribution in [0.2, 0.25) is 0 Å². The largest absolute Gasteiger partial charge is 0.494 e. The Balaban J connectivity index is 2.69. The van der Waals surface area contributed by atoms with Crippen LogP contribution in [0, 0.1) is 0 Å². The summed E-state index contributed by atoms with van der Waals surface area (Å²) in [7, 11) is 0. The van der Waals surface area contributed by atoms with E-state index in [2.05, 4.69) is 15.4 Å². The maximum Gasteiger partial charge on any atom is 0.234 e. The highest BCUT2D eigenvalue weighted by molar-refractivity contribution is 5.79. The summed E-state index contributed by atoms with van der Waals surface area (Å²) in [5, 5.41) is 18.5. The van der Waals surface area contributed by atoms with E-state index in [0.29, 0.717) is 0 Å². The fraction of sp³-hybridized carbons (Fsp3) is 0.667. The number of aliphatic hydroxyl groups is 1. The topological polar surface area (TPSA) is 57.3 Å². The Kier molecular flexibility index (Phi) is 0.780. The minimum absolute atomic E-state index is 0.000000000000000222. The fourth-order valence-electron chi connectivity index (χ4n) is 0.284. The van der Waals surface area contributed by atoms with E-state index in [4.69, 9.17) is 5.11 Å². The Morgan fingerprint density at radius 2 is 2.43 bits per heavy atom. The number of aliphatic hydroxyl groups excluding tert-OH is 1. The molecule has 4 nitrogen and oxygen atoms in total. The first-order valence-corrected chi connectivity index (χ1v) is 1.97. The van der Waals surface area contributed by atoms with E-state index in [-0.39, 0.29) is 11.9 Å². The molecule has 38 valence electrons. The lowest BCUT2D eigenvalue weighted by atomic mass is 10.4. The van der Waals surface area contributed by atoms with Gasteiger partial charge in [0.1, 0.15) is 6.04 Å². The molecule has 1 heterocycles. The van der Waals surface area contributed by atoms with Crippen LogP contribution in [0.15, 0.2) is 15.4 Å². The molecule has 1 aliphatic rings. The van der Waals surface area contributed by atoms with Crippen LogP contribution in [0.3, 0.4) is 0 Å². The van der Waals surface area contributed by atoms with Gasteiger partial charge in [-0.15, -0.1) is 0 Å². The first-order valence-electron chi connectivity index (χ1n) is 1.97. The maximum atomic E-state index is 8.56. The molecular weight excluding hydrogens is 94.1 g/mol. The number of nitrogens with zero attached hydrogens (tertiary/aromatic N) is 3. The van der Waals surface area contributed by atoms with Gasteiger partial charge in [-0.05, 0) is 12.1 Å². The molecule has 0 aliphatic carbocycles. The van der Waals surface area contributed by atoms with Crippen molar-refractivity contribution in [1.29, 1.82) is 0 Å². The molecule has 1 unspecified atom stereocenters. The van der Waals surface area contributed by atoms with E-state index in [1.54, 1.807) is 6.92 Å².